The number of carbonyl (C=O) groups excluding carboxylic acids is 1. The first-order chi connectivity index (χ1) is 13.3. The van der Waals surface area contributed by atoms with Crippen LogP contribution in [0.5, 0.6) is 5.75 Å². The highest BCUT2D eigenvalue weighted by Crippen LogP contribution is 2.30. The van der Waals surface area contributed by atoms with Crippen LogP contribution < -0.4 is 10.1 Å². The second-order valence-corrected chi connectivity index (χ2v) is 8.80. The molecule has 0 bridgehead atoms. The number of morpholine rings is 1. The average Bonchev–Trinajstić information content (AvgIpc) is 2.67. The van der Waals surface area contributed by atoms with Gasteiger partial charge in [0.25, 0.3) is 5.91 Å². The summed E-state index contributed by atoms with van der Waals surface area (Å²) in [7, 11) is -2.29. The van der Waals surface area contributed by atoms with E-state index in [1.807, 2.05) is 0 Å². The molecule has 150 valence electrons. The molecule has 1 saturated heterocycles. The second-order valence-electron chi connectivity index (χ2n) is 5.99. The lowest BCUT2D eigenvalue weighted by atomic mass is 10.2. The van der Waals surface area contributed by atoms with Crippen LogP contribution in [0.25, 0.3) is 0 Å². The number of hydrogen-bond donors (Lipinski definition) is 1. The molecule has 1 N–H and O–H groups in total. The molecule has 7 nitrogen and oxygen atoms in total. The smallest absolute Gasteiger partial charge is 0.255 e. The minimum Gasteiger partial charge on any atom is -0.495 e. The standard InChI is InChI=1S/C18H18Cl2N2O5S/c1-26-17-3-2-15(28(24,25)22-4-6-27-7-5-22)11-16(17)21-18(23)12-8-13(19)10-14(20)9-12/h2-3,8-11H,4-7H2,1H3,(H,21,23). The lowest BCUT2D eigenvalue weighted by Gasteiger charge is -2.26. The number of amides is 1. The Labute approximate surface area is 173 Å². The molecule has 2 aromatic rings. The van der Waals surface area contributed by atoms with E-state index < -0.39 is 15.9 Å². The normalized spacial score (nSPS) is 15.2. The van der Waals surface area contributed by atoms with Crippen LogP contribution in [-0.2, 0) is 14.8 Å². The van der Waals surface area contributed by atoms with Gasteiger partial charge in [-0.2, -0.15) is 4.31 Å². The van der Waals surface area contributed by atoms with Crippen molar-refractivity contribution < 1.29 is 22.7 Å². The summed E-state index contributed by atoms with van der Waals surface area (Å²) in [6.07, 6.45) is 0. The van der Waals surface area contributed by atoms with Gasteiger partial charge in [-0.1, -0.05) is 23.2 Å². The Hall–Kier alpha value is -1.84. The Morgan fingerprint density at radius 1 is 1.11 bits per heavy atom. The van der Waals surface area contributed by atoms with E-state index >= 15 is 0 Å². The Bertz CT molecular complexity index is 971. The van der Waals surface area contributed by atoms with Gasteiger partial charge in [0.15, 0.2) is 0 Å². The van der Waals surface area contributed by atoms with Crippen LogP contribution >= 0.6 is 23.2 Å². The summed E-state index contributed by atoms with van der Waals surface area (Å²) in [6.45, 7) is 1.23. The summed E-state index contributed by atoms with van der Waals surface area (Å²) in [4.78, 5) is 12.6. The van der Waals surface area contributed by atoms with Crippen molar-refractivity contribution in [3.05, 3.63) is 52.0 Å². The van der Waals surface area contributed by atoms with Crippen molar-refractivity contribution >= 4 is 44.8 Å². The zero-order valence-electron chi connectivity index (χ0n) is 14.9. The average molecular weight is 445 g/mol. The van der Waals surface area contributed by atoms with Crippen molar-refractivity contribution in [1.82, 2.24) is 4.31 Å². The monoisotopic (exact) mass is 444 g/mol. The summed E-state index contributed by atoms with van der Waals surface area (Å²) in [5.74, 6) is -0.175. The Kier molecular flexibility index (Phi) is 6.47. The third-order valence-electron chi connectivity index (χ3n) is 4.15. The number of nitrogens with one attached hydrogen (secondary N) is 1. The molecule has 2 aromatic carbocycles. The molecule has 0 radical (unpaired) electrons. The molecule has 0 atom stereocenters. The topological polar surface area (TPSA) is 84.9 Å². The van der Waals surface area contributed by atoms with Crippen molar-refractivity contribution in [3.63, 3.8) is 0 Å². The van der Waals surface area contributed by atoms with Gasteiger partial charge >= 0.3 is 0 Å². The number of hydrogen-bond acceptors (Lipinski definition) is 5. The first-order valence-corrected chi connectivity index (χ1v) is 10.5. The van der Waals surface area contributed by atoms with Gasteiger partial charge in [0.05, 0.1) is 30.9 Å². The maximum Gasteiger partial charge on any atom is 0.255 e. The maximum absolute atomic E-state index is 12.9. The lowest BCUT2D eigenvalue weighted by Crippen LogP contribution is -2.40. The molecule has 0 spiro atoms. The predicted molar refractivity (Wildman–Crippen MR) is 107 cm³/mol. The predicted octanol–water partition coefficient (Wildman–Crippen LogP) is 3.28. The highest BCUT2D eigenvalue weighted by atomic mass is 35.5. The third-order valence-corrected chi connectivity index (χ3v) is 6.48. The Balaban J connectivity index is 1.92. The van der Waals surface area contributed by atoms with Crippen molar-refractivity contribution in [3.8, 4) is 5.75 Å². The van der Waals surface area contributed by atoms with Gasteiger partial charge < -0.3 is 14.8 Å². The van der Waals surface area contributed by atoms with Gasteiger partial charge in [0.2, 0.25) is 10.0 Å². The van der Waals surface area contributed by atoms with Gasteiger partial charge in [0.1, 0.15) is 5.75 Å². The van der Waals surface area contributed by atoms with Gasteiger partial charge in [-0.25, -0.2) is 8.42 Å². The number of sulfonamides is 1. The van der Waals surface area contributed by atoms with E-state index in [-0.39, 0.29) is 29.2 Å². The number of ether oxygens (including phenoxy) is 2. The SMILES string of the molecule is COc1ccc(S(=O)(=O)N2CCOCC2)cc1NC(=O)c1cc(Cl)cc(Cl)c1. The molecule has 0 unspecified atom stereocenters. The van der Waals surface area contributed by atoms with Crippen molar-refractivity contribution in [2.45, 2.75) is 4.90 Å². The molecule has 1 amide bonds. The van der Waals surface area contributed by atoms with E-state index in [9.17, 15) is 13.2 Å². The zero-order valence-corrected chi connectivity index (χ0v) is 17.3. The molecule has 0 saturated carbocycles. The molecule has 1 fully saturated rings. The van der Waals surface area contributed by atoms with Crippen LogP contribution in [0.15, 0.2) is 41.3 Å². The second kappa shape index (κ2) is 8.67. The lowest BCUT2D eigenvalue weighted by molar-refractivity contribution is 0.0730. The summed E-state index contributed by atoms with van der Waals surface area (Å²) in [6, 6.07) is 8.74. The van der Waals surface area contributed by atoms with Crippen molar-refractivity contribution in [2.75, 3.05) is 38.7 Å². The molecule has 1 aliphatic rings. The van der Waals surface area contributed by atoms with Crippen LogP contribution in [0.3, 0.4) is 0 Å². The maximum atomic E-state index is 12.9. The summed E-state index contributed by atoms with van der Waals surface area (Å²) in [5.41, 5.74) is 0.457. The van der Waals surface area contributed by atoms with Crippen LogP contribution in [0.4, 0.5) is 5.69 Å². The number of rotatable bonds is 5. The number of benzene rings is 2. The third kappa shape index (κ3) is 4.59. The van der Waals surface area contributed by atoms with Crippen molar-refractivity contribution in [1.29, 1.82) is 0 Å². The van der Waals surface area contributed by atoms with E-state index in [4.69, 9.17) is 32.7 Å². The number of anilines is 1. The molecular formula is C18H18Cl2N2O5S. The first kappa shape index (κ1) is 20.9. The van der Waals surface area contributed by atoms with E-state index in [1.165, 1.54) is 47.8 Å². The molecule has 0 aliphatic carbocycles. The van der Waals surface area contributed by atoms with Gasteiger partial charge in [-0.3, -0.25) is 4.79 Å². The van der Waals surface area contributed by atoms with E-state index in [0.717, 1.165) is 0 Å². The van der Waals surface area contributed by atoms with Crippen LogP contribution in [-0.4, -0.2) is 52.0 Å². The van der Waals surface area contributed by atoms with Gasteiger partial charge in [-0.05, 0) is 36.4 Å². The number of carbonyl (C=O) groups is 1. The summed E-state index contributed by atoms with van der Waals surface area (Å²) in [5, 5.41) is 3.29. The van der Waals surface area contributed by atoms with E-state index in [1.54, 1.807) is 0 Å². The van der Waals surface area contributed by atoms with Crippen LogP contribution in [0.1, 0.15) is 10.4 Å². The fourth-order valence-electron chi connectivity index (χ4n) is 2.76. The molecule has 0 aromatic heterocycles. The molecular weight excluding hydrogens is 427 g/mol. The van der Waals surface area contributed by atoms with Crippen LogP contribution in [0, 0.1) is 0 Å². The molecule has 28 heavy (non-hydrogen) atoms. The minimum atomic E-state index is -3.72. The quantitative estimate of drug-likeness (QED) is 0.764. The highest BCUT2D eigenvalue weighted by molar-refractivity contribution is 7.89. The summed E-state index contributed by atoms with van der Waals surface area (Å²) >= 11 is 11.9. The number of methoxy groups -OCH3 is 1. The Morgan fingerprint density at radius 3 is 2.36 bits per heavy atom. The number of halogens is 2. The largest absolute Gasteiger partial charge is 0.495 e. The first-order valence-electron chi connectivity index (χ1n) is 8.34. The minimum absolute atomic E-state index is 0.0506. The fraction of sp³-hybridized carbons (Fsp3) is 0.278. The van der Waals surface area contributed by atoms with Gasteiger partial charge in [-0.15, -0.1) is 0 Å². The zero-order chi connectivity index (χ0) is 20.3. The highest BCUT2D eigenvalue weighted by Gasteiger charge is 2.27. The Morgan fingerprint density at radius 2 is 1.75 bits per heavy atom. The summed E-state index contributed by atoms with van der Waals surface area (Å²) < 4.78 is 37.5. The molecule has 10 heteroatoms. The molecule has 1 aliphatic heterocycles. The van der Waals surface area contributed by atoms with Crippen LogP contribution in [0.2, 0.25) is 10.0 Å². The van der Waals surface area contributed by atoms with Crippen molar-refractivity contribution in [2.24, 2.45) is 0 Å². The molecule has 1 heterocycles. The van der Waals surface area contributed by atoms with Gasteiger partial charge in [0, 0.05) is 28.7 Å². The van der Waals surface area contributed by atoms with E-state index in [2.05, 4.69) is 5.32 Å². The number of nitrogens with zero attached hydrogens (tertiary/aromatic N) is 1. The fourth-order valence-corrected chi connectivity index (χ4v) is 4.72. The molecule has 3 rings (SSSR count). The van der Waals surface area contributed by atoms with E-state index in [0.29, 0.717) is 29.0 Å².